The molecule has 0 saturated heterocycles. The molecule has 1 amide bonds. The van der Waals surface area contributed by atoms with Gasteiger partial charge in [0.1, 0.15) is 0 Å². The van der Waals surface area contributed by atoms with Crippen LogP contribution in [0.15, 0.2) is 42.6 Å². The van der Waals surface area contributed by atoms with Crippen LogP contribution in [0.4, 0.5) is 0 Å². The van der Waals surface area contributed by atoms with Gasteiger partial charge in [0.15, 0.2) is 6.61 Å². The van der Waals surface area contributed by atoms with E-state index in [9.17, 15) is 9.59 Å². The number of esters is 1. The molecular formula is C17H20N2O3. The summed E-state index contributed by atoms with van der Waals surface area (Å²) in [6.07, 6.45) is 6.45. The van der Waals surface area contributed by atoms with E-state index in [1.165, 1.54) is 6.08 Å². The molecule has 2 rings (SSSR count). The van der Waals surface area contributed by atoms with E-state index >= 15 is 0 Å². The Balaban J connectivity index is 1.73. The maximum atomic E-state index is 11.6. The van der Waals surface area contributed by atoms with Gasteiger partial charge >= 0.3 is 5.97 Å². The summed E-state index contributed by atoms with van der Waals surface area (Å²) in [6, 6.07) is 8.03. The molecule has 0 bridgehead atoms. The molecule has 0 aliphatic carbocycles. The van der Waals surface area contributed by atoms with Gasteiger partial charge in [0.25, 0.3) is 5.91 Å². The van der Waals surface area contributed by atoms with Crippen LogP contribution in [0.5, 0.6) is 0 Å². The van der Waals surface area contributed by atoms with Crippen molar-refractivity contribution in [3.63, 3.8) is 0 Å². The highest BCUT2D eigenvalue weighted by Crippen LogP contribution is 2.17. The number of amides is 1. The molecule has 1 heterocycles. The number of rotatable bonds is 7. The first-order valence-electron chi connectivity index (χ1n) is 7.35. The van der Waals surface area contributed by atoms with E-state index in [4.69, 9.17) is 4.74 Å². The maximum absolute atomic E-state index is 11.6. The fourth-order valence-corrected chi connectivity index (χ4v) is 2.12. The van der Waals surface area contributed by atoms with Gasteiger partial charge in [-0.2, -0.15) is 0 Å². The second-order valence-electron chi connectivity index (χ2n) is 4.88. The highest BCUT2D eigenvalue weighted by molar-refractivity contribution is 5.86. The normalized spacial score (nSPS) is 11.0. The minimum Gasteiger partial charge on any atom is -0.452 e. The first-order chi connectivity index (χ1) is 10.7. The monoisotopic (exact) mass is 300 g/mol. The summed E-state index contributed by atoms with van der Waals surface area (Å²) in [5, 5.41) is 3.90. The number of ether oxygens (including phenoxy) is 1. The molecule has 116 valence electrons. The van der Waals surface area contributed by atoms with Crippen LogP contribution >= 0.6 is 0 Å². The van der Waals surface area contributed by atoms with Gasteiger partial charge in [-0.15, -0.1) is 0 Å². The highest BCUT2D eigenvalue weighted by atomic mass is 16.5. The third kappa shape index (κ3) is 4.48. The van der Waals surface area contributed by atoms with E-state index in [2.05, 4.69) is 10.3 Å². The lowest BCUT2D eigenvalue weighted by atomic mass is 10.1. The standard InChI is InChI=1S/C17H20N2O3/c1-2-3-8-17(21)22-12-16(20)18-10-9-13-11-19-15-7-5-4-6-14(13)15/h3-8,11,19H,2,9-10,12H2,1H3,(H,18,20)/b8-3+. The van der Waals surface area contributed by atoms with Crippen molar-refractivity contribution >= 4 is 22.8 Å². The number of nitrogens with one attached hydrogen (secondary N) is 2. The molecule has 0 unspecified atom stereocenters. The van der Waals surface area contributed by atoms with Crippen molar-refractivity contribution in [2.75, 3.05) is 13.2 Å². The van der Waals surface area contributed by atoms with E-state index in [1.54, 1.807) is 6.08 Å². The number of allylic oxidation sites excluding steroid dienone is 1. The van der Waals surface area contributed by atoms with Gasteiger partial charge in [0, 0.05) is 29.7 Å². The molecule has 0 atom stereocenters. The van der Waals surface area contributed by atoms with Crippen LogP contribution in [0.2, 0.25) is 0 Å². The van der Waals surface area contributed by atoms with Crippen LogP contribution < -0.4 is 5.32 Å². The van der Waals surface area contributed by atoms with Gasteiger partial charge in [-0.3, -0.25) is 4.79 Å². The highest BCUT2D eigenvalue weighted by Gasteiger charge is 2.06. The van der Waals surface area contributed by atoms with E-state index in [0.29, 0.717) is 6.54 Å². The predicted octanol–water partition coefficient (Wildman–Crippen LogP) is 2.34. The Kier molecular flexibility index (Phi) is 5.77. The molecular weight excluding hydrogens is 280 g/mol. The third-order valence-corrected chi connectivity index (χ3v) is 3.23. The summed E-state index contributed by atoms with van der Waals surface area (Å²) in [7, 11) is 0. The second-order valence-corrected chi connectivity index (χ2v) is 4.88. The lowest BCUT2D eigenvalue weighted by Crippen LogP contribution is -2.30. The number of carbonyl (C=O) groups excluding carboxylic acids is 2. The van der Waals surface area contributed by atoms with Crippen LogP contribution in [0, 0.1) is 0 Å². The Bertz CT molecular complexity index is 673. The summed E-state index contributed by atoms with van der Waals surface area (Å²) in [5.41, 5.74) is 2.24. The summed E-state index contributed by atoms with van der Waals surface area (Å²) >= 11 is 0. The number of H-pyrrole nitrogens is 1. The zero-order valence-corrected chi connectivity index (χ0v) is 12.6. The van der Waals surface area contributed by atoms with Gasteiger partial charge < -0.3 is 15.0 Å². The summed E-state index contributed by atoms with van der Waals surface area (Å²) in [4.78, 5) is 26.0. The number of hydrogen-bond acceptors (Lipinski definition) is 3. The van der Waals surface area contributed by atoms with Crippen LogP contribution in [0.1, 0.15) is 18.9 Å². The number of aromatic nitrogens is 1. The molecule has 0 saturated carbocycles. The molecule has 22 heavy (non-hydrogen) atoms. The van der Waals surface area contributed by atoms with Crippen molar-refractivity contribution < 1.29 is 14.3 Å². The number of hydrogen-bond donors (Lipinski definition) is 2. The van der Waals surface area contributed by atoms with Gasteiger partial charge in [0.2, 0.25) is 0 Å². The molecule has 5 nitrogen and oxygen atoms in total. The lowest BCUT2D eigenvalue weighted by molar-refractivity contribution is -0.143. The maximum Gasteiger partial charge on any atom is 0.330 e. The van der Waals surface area contributed by atoms with Crippen molar-refractivity contribution in [2.24, 2.45) is 0 Å². The summed E-state index contributed by atoms with van der Waals surface area (Å²) in [6.45, 7) is 2.17. The Morgan fingerprint density at radius 2 is 2.14 bits per heavy atom. The lowest BCUT2D eigenvalue weighted by Gasteiger charge is -2.05. The average Bonchev–Trinajstić information content (AvgIpc) is 2.94. The number of carbonyl (C=O) groups is 2. The first-order valence-corrected chi connectivity index (χ1v) is 7.35. The first kappa shape index (κ1) is 15.8. The summed E-state index contributed by atoms with van der Waals surface area (Å²) < 4.78 is 4.82. The molecule has 0 radical (unpaired) electrons. The Morgan fingerprint density at radius 1 is 1.32 bits per heavy atom. The molecule has 0 fully saturated rings. The number of fused-ring (bicyclic) bond motifs is 1. The minimum atomic E-state index is -0.492. The van der Waals surface area contributed by atoms with Gasteiger partial charge in [-0.1, -0.05) is 31.2 Å². The van der Waals surface area contributed by atoms with E-state index in [0.717, 1.165) is 29.3 Å². The quantitative estimate of drug-likeness (QED) is 0.609. The molecule has 1 aromatic heterocycles. The van der Waals surface area contributed by atoms with Crippen LogP contribution in [-0.2, 0) is 20.7 Å². The van der Waals surface area contributed by atoms with Crippen molar-refractivity contribution in [3.05, 3.63) is 48.2 Å². The van der Waals surface area contributed by atoms with E-state index in [1.807, 2.05) is 37.4 Å². The zero-order valence-electron chi connectivity index (χ0n) is 12.6. The molecule has 5 heteroatoms. The predicted molar refractivity (Wildman–Crippen MR) is 85.4 cm³/mol. The van der Waals surface area contributed by atoms with Crippen molar-refractivity contribution in [3.8, 4) is 0 Å². The van der Waals surface area contributed by atoms with Crippen molar-refractivity contribution in [1.82, 2.24) is 10.3 Å². The average molecular weight is 300 g/mol. The van der Waals surface area contributed by atoms with Crippen LogP contribution in [-0.4, -0.2) is 30.0 Å². The Hall–Kier alpha value is -2.56. The van der Waals surface area contributed by atoms with E-state index in [-0.39, 0.29) is 12.5 Å². The topological polar surface area (TPSA) is 71.2 Å². The minimum absolute atomic E-state index is 0.249. The number of para-hydroxylation sites is 1. The molecule has 2 N–H and O–H groups in total. The van der Waals surface area contributed by atoms with E-state index < -0.39 is 5.97 Å². The van der Waals surface area contributed by atoms with Gasteiger partial charge in [-0.25, -0.2) is 4.79 Å². The van der Waals surface area contributed by atoms with Crippen molar-refractivity contribution in [2.45, 2.75) is 19.8 Å². The fourth-order valence-electron chi connectivity index (χ4n) is 2.12. The second kappa shape index (κ2) is 8.02. The number of benzene rings is 1. The largest absolute Gasteiger partial charge is 0.452 e. The molecule has 0 aliphatic heterocycles. The van der Waals surface area contributed by atoms with Gasteiger partial charge in [0.05, 0.1) is 0 Å². The van der Waals surface area contributed by atoms with Crippen molar-refractivity contribution in [1.29, 1.82) is 0 Å². The summed E-state index contributed by atoms with van der Waals surface area (Å²) in [5.74, 6) is -0.785. The number of aromatic amines is 1. The third-order valence-electron chi connectivity index (χ3n) is 3.23. The molecule has 2 aromatic rings. The molecule has 0 spiro atoms. The Morgan fingerprint density at radius 3 is 2.95 bits per heavy atom. The smallest absolute Gasteiger partial charge is 0.330 e. The van der Waals surface area contributed by atoms with Crippen LogP contribution in [0.25, 0.3) is 10.9 Å². The van der Waals surface area contributed by atoms with Gasteiger partial charge in [-0.05, 0) is 24.5 Å². The van der Waals surface area contributed by atoms with Crippen LogP contribution in [0.3, 0.4) is 0 Å². The SMILES string of the molecule is CC/C=C/C(=O)OCC(=O)NCCc1c[nH]c2ccccc12. The molecule has 0 aliphatic rings. The fraction of sp³-hybridized carbons (Fsp3) is 0.294. The molecule has 1 aromatic carbocycles. The Labute approximate surface area is 129 Å². The zero-order chi connectivity index (χ0) is 15.8.